The molecule has 0 aromatic heterocycles. The Labute approximate surface area is 129 Å². The van der Waals surface area contributed by atoms with Crippen LogP contribution in [0.4, 0.5) is 0 Å². The number of benzene rings is 1. The highest BCUT2D eigenvalue weighted by atomic mass is 79.9. The Morgan fingerprint density at radius 3 is 2.55 bits per heavy atom. The molecule has 4 nitrogen and oxygen atoms in total. The number of hydrogen-bond donors (Lipinski definition) is 1. The van der Waals surface area contributed by atoms with Crippen molar-refractivity contribution in [1.29, 1.82) is 0 Å². The number of nitrogens with one attached hydrogen (secondary N) is 1. The number of rotatable bonds is 4. The van der Waals surface area contributed by atoms with Gasteiger partial charge in [-0.15, -0.1) is 0 Å². The molecule has 1 heterocycles. The van der Waals surface area contributed by atoms with Gasteiger partial charge in [-0.25, -0.2) is 12.7 Å². The molecule has 112 valence electrons. The van der Waals surface area contributed by atoms with Crippen LogP contribution in [0.15, 0.2) is 22.7 Å². The Bertz CT molecular complexity index is 567. The van der Waals surface area contributed by atoms with Crippen molar-refractivity contribution in [3.05, 3.63) is 33.8 Å². The number of sulfonamides is 1. The fraction of sp³-hybridized carbons (Fsp3) is 0.571. The van der Waals surface area contributed by atoms with Crippen LogP contribution in [-0.4, -0.2) is 38.1 Å². The first kappa shape index (κ1) is 15.9. The second-order valence-corrected chi connectivity index (χ2v) is 8.24. The van der Waals surface area contributed by atoms with E-state index < -0.39 is 10.0 Å². The van der Waals surface area contributed by atoms with E-state index in [0.29, 0.717) is 19.1 Å². The third-order valence-electron chi connectivity index (χ3n) is 3.74. The van der Waals surface area contributed by atoms with E-state index in [1.165, 1.54) is 17.4 Å². The van der Waals surface area contributed by atoms with Crippen LogP contribution in [0.25, 0.3) is 0 Å². The molecule has 0 unspecified atom stereocenters. The average molecular weight is 361 g/mol. The summed E-state index contributed by atoms with van der Waals surface area (Å²) >= 11 is 3.50. The molecular weight excluding hydrogens is 340 g/mol. The van der Waals surface area contributed by atoms with Crippen LogP contribution < -0.4 is 5.32 Å². The van der Waals surface area contributed by atoms with Crippen molar-refractivity contribution >= 4 is 26.0 Å². The Morgan fingerprint density at radius 2 is 2.00 bits per heavy atom. The molecule has 0 bridgehead atoms. The van der Waals surface area contributed by atoms with Crippen LogP contribution in [0.3, 0.4) is 0 Å². The zero-order chi connectivity index (χ0) is 14.8. The summed E-state index contributed by atoms with van der Waals surface area (Å²) in [4.78, 5) is 0. The molecular formula is C14H21BrN2O2S. The summed E-state index contributed by atoms with van der Waals surface area (Å²) in [6.45, 7) is 4.15. The summed E-state index contributed by atoms with van der Waals surface area (Å²) < 4.78 is 25.6. The molecule has 0 radical (unpaired) electrons. The van der Waals surface area contributed by atoms with Crippen LogP contribution in [0.1, 0.15) is 24.0 Å². The van der Waals surface area contributed by atoms with Crippen molar-refractivity contribution in [3.63, 3.8) is 0 Å². The Kier molecular flexibility index (Phi) is 5.23. The van der Waals surface area contributed by atoms with Gasteiger partial charge < -0.3 is 5.32 Å². The maximum atomic E-state index is 11.4. The number of halogens is 1. The van der Waals surface area contributed by atoms with Crippen LogP contribution in [-0.2, 0) is 16.6 Å². The van der Waals surface area contributed by atoms with Crippen LogP contribution >= 0.6 is 15.9 Å². The lowest BCUT2D eigenvalue weighted by Crippen LogP contribution is -2.44. The van der Waals surface area contributed by atoms with Gasteiger partial charge in [0.25, 0.3) is 0 Å². The first-order valence-electron chi connectivity index (χ1n) is 6.80. The van der Waals surface area contributed by atoms with Crippen molar-refractivity contribution in [2.45, 2.75) is 32.4 Å². The van der Waals surface area contributed by atoms with Gasteiger partial charge in [-0.3, -0.25) is 0 Å². The van der Waals surface area contributed by atoms with Crippen molar-refractivity contribution in [2.24, 2.45) is 0 Å². The van der Waals surface area contributed by atoms with Crippen molar-refractivity contribution < 1.29 is 8.42 Å². The Morgan fingerprint density at radius 1 is 1.35 bits per heavy atom. The van der Waals surface area contributed by atoms with E-state index in [1.54, 1.807) is 4.31 Å². The molecule has 0 saturated carbocycles. The van der Waals surface area contributed by atoms with Gasteiger partial charge in [0.1, 0.15) is 0 Å². The van der Waals surface area contributed by atoms with E-state index in [9.17, 15) is 8.42 Å². The summed E-state index contributed by atoms with van der Waals surface area (Å²) in [5.74, 6) is 0. The number of aryl methyl sites for hydroxylation is 1. The fourth-order valence-corrected chi connectivity index (χ4v) is 3.59. The van der Waals surface area contributed by atoms with Crippen LogP contribution in [0.2, 0.25) is 0 Å². The van der Waals surface area contributed by atoms with E-state index in [1.807, 2.05) is 0 Å². The highest BCUT2D eigenvalue weighted by molar-refractivity contribution is 9.10. The third kappa shape index (κ3) is 4.28. The van der Waals surface area contributed by atoms with Crippen molar-refractivity contribution in [1.82, 2.24) is 9.62 Å². The lowest BCUT2D eigenvalue weighted by atomic mass is 10.1. The Hall–Kier alpha value is -0.430. The summed E-state index contributed by atoms with van der Waals surface area (Å²) in [5, 5.41) is 3.52. The average Bonchev–Trinajstić information content (AvgIpc) is 2.40. The molecule has 0 spiro atoms. The molecule has 1 aliphatic heterocycles. The minimum absolute atomic E-state index is 0.400. The molecule has 1 N–H and O–H groups in total. The first-order valence-corrected chi connectivity index (χ1v) is 9.44. The van der Waals surface area contributed by atoms with Crippen LogP contribution in [0.5, 0.6) is 0 Å². The van der Waals surface area contributed by atoms with Gasteiger partial charge in [0.05, 0.1) is 6.26 Å². The fourth-order valence-electron chi connectivity index (χ4n) is 2.47. The van der Waals surface area contributed by atoms with E-state index in [4.69, 9.17) is 0 Å². The molecule has 2 rings (SSSR count). The minimum Gasteiger partial charge on any atom is -0.310 e. The molecule has 0 amide bonds. The van der Waals surface area contributed by atoms with Crippen LogP contribution in [0, 0.1) is 6.92 Å². The summed E-state index contributed by atoms with van der Waals surface area (Å²) in [6, 6.07) is 6.74. The smallest absolute Gasteiger partial charge is 0.211 e. The number of hydrogen-bond acceptors (Lipinski definition) is 3. The van der Waals surface area contributed by atoms with Gasteiger partial charge in [0, 0.05) is 30.1 Å². The summed E-state index contributed by atoms with van der Waals surface area (Å²) in [6.07, 6.45) is 3.04. The van der Waals surface area contributed by atoms with E-state index in [0.717, 1.165) is 23.9 Å². The van der Waals surface area contributed by atoms with Gasteiger partial charge in [-0.2, -0.15) is 0 Å². The number of nitrogens with zero attached hydrogens (tertiary/aromatic N) is 1. The van der Waals surface area contributed by atoms with Crippen molar-refractivity contribution in [3.8, 4) is 0 Å². The highest BCUT2D eigenvalue weighted by Gasteiger charge is 2.24. The lowest BCUT2D eigenvalue weighted by Gasteiger charge is -2.30. The predicted molar refractivity (Wildman–Crippen MR) is 85.2 cm³/mol. The molecule has 1 saturated heterocycles. The van der Waals surface area contributed by atoms with Crippen molar-refractivity contribution in [2.75, 3.05) is 19.3 Å². The molecule has 6 heteroatoms. The first-order chi connectivity index (χ1) is 9.36. The Balaban J connectivity index is 1.83. The second-order valence-electron chi connectivity index (χ2n) is 5.40. The maximum Gasteiger partial charge on any atom is 0.211 e. The third-order valence-corrected chi connectivity index (χ3v) is 5.93. The zero-order valence-corrected chi connectivity index (χ0v) is 14.3. The largest absolute Gasteiger partial charge is 0.310 e. The summed E-state index contributed by atoms with van der Waals surface area (Å²) in [7, 11) is -3.03. The molecule has 1 aliphatic rings. The second kappa shape index (κ2) is 6.56. The standard InChI is InChI=1S/C14H21BrN2O2S/c1-11-9-12(3-4-14(11)15)10-16-13-5-7-17(8-6-13)20(2,18)19/h3-4,9,13,16H,5-8,10H2,1-2H3. The SMILES string of the molecule is Cc1cc(CNC2CCN(S(C)(=O)=O)CC2)ccc1Br. The van der Waals surface area contributed by atoms with E-state index in [2.05, 4.69) is 46.4 Å². The molecule has 1 aromatic rings. The maximum absolute atomic E-state index is 11.4. The monoisotopic (exact) mass is 360 g/mol. The minimum atomic E-state index is -3.03. The van der Waals surface area contributed by atoms with Gasteiger partial charge in [-0.1, -0.05) is 28.1 Å². The number of piperidine rings is 1. The van der Waals surface area contributed by atoms with Gasteiger partial charge in [0.2, 0.25) is 10.0 Å². The van der Waals surface area contributed by atoms with Gasteiger partial charge in [-0.05, 0) is 37.0 Å². The zero-order valence-electron chi connectivity index (χ0n) is 11.9. The topological polar surface area (TPSA) is 49.4 Å². The quantitative estimate of drug-likeness (QED) is 0.895. The van der Waals surface area contributed by atoms with E-state index in [-0.39, 0.29) is 0 Å². The van der Waals surface area contributed by atoms with E-state index >= 15 is 0 Å². The predicted octanol–water partition coefficient (Wildman–Crippen LogP) is 2.27. The molecule has 1 fully saturated rings. The highest BCUT2D eigenvalue weighted by Crippen LogP contribution is 2.18. The molecule has 20 heavy (non-hydrogen) atoms. The van der Waals surface area contributed by atoms with Gasteiger partial charge in [0.15, 0.2) is 0 Å². The molecule has 1 aromatic carbocycles. The normalized spacial score (nSPS) is 18.4. The summed E-state index contributed by atoms with van der Waals surface area (Å²) in [5.41, 5.74) is 2.49. The lowest BCUT2D eigenvalue weighted by molar-refractivity contribution is 0.290. The van der Waals surface area contributed by atoms with Gasteiger partial charge >= 0.3 is 0 Å². The molecule has 0 aliphatic carbocycles. The molecule has 0 atom stereocenters.